The van der Waals surface area contributed by atoms with Gasteiger partial charge in [0.2, 0.25) is 0 Å². The predicted molar refractivity (Wildman–Crippen MR) is 148 cm³/mol. The van der Waals surface area contributed by atoms with E-state index < -0.39 is 0 Å². The number of benzene rings is 2. The molecule has 2 heterocycles. The Morgan fingerprint density at radius 2 is 1.84 bits per heavy atom. The molecule has 1 N–H and O–H groups in total. The van der Waals surface area contributed by atoms with Crippen LogP contribution in [-0.4, -0.2) is 64.0 Å². The minimum Gasteiger partial charge on any atom is -0.324 e. The molecule has 0 spiro atoms. The molecule has 0 bridgehead atoms. The van der Waals surface area contributed by atoms with Crippen LogP contribution in [0.4, 0.5) is 4.79 Å². The zero-order valence-corrected chi connectivity index (χ0v) is 22.0. The second-order valence-electron chi connectivity index (χ2n) is 9.42. The molecule has 198 valence electrons. The van der Waals surface area contributed by atoms with Gasteiger partial charge in [0.25, 0.3) is 5.91 Å². The Morgan fingerprint density at radius 1 is 1.13 bits per heavy atom. The van der Waals surface area contributed by atoms with E-state index in [4.69, 9.17) is 4.84 Å². The molecule has 4 rings (SSSR count). The number of hydrogen-bond acceptors (Lipinski definition) is 5. The summed E-state index contributed by atoms with van der Waals surface area (Å²) in [7, 11) is 1.86. The first-order valence-corrected chi connectivity index (χ1v) is 12.9. The molecule has 8 nitrogen and oxygen atoms in total. The smallest absolute Gasteiger partial charge is 0.324 e. The lowest BCUT2D eigenvalue weighted by atomic mass is 10.0. The predicted octanol–water partition coefficient (Wildman–Crippen LogP) is 4.91. The van der Waals surface area contributed by atoms with Crippen LogP contribution in [0.25, 0.3) is 11.3 Å². The fourth-order valence-corrected chi connectivity index (χ4v) is 4.52. The highest BCUT2D eigenvalue weighted by Gasteiger charge is 2.26. The summed E-state index contributed by atoms with van der Waals surface area (Å²) in [5, 5.41) is 0. The number of imidazole rings is 1. The second-order valence-corrected chi connectivity index (χ2v) is 9.42. The SMILES string of the molecule is C=C/C(=C\C)CN1CCC(N(C)C(=O)n2cnc(-c3ccc(C(=O)NOCc4ccccc4)cc3)c2)CC1. The summed E-state index contributed by atoms with van der Waals surface area (Å²) in [4.78, 5) is 39.5. The van der Waals surface area contributed by atoms with Gasteiger partial charge in [-0.05, 0) is 43.0 Å². The number of amides is 2. The standard InChI is InChI=1S/C30H35N5O3/c1-4-23(5-2)19-34-17-15-27(16-18-34)33(3)30(37)35-20-28(31-22-35)25-11-13-26(14-12-25)29(36)32-38-21-24-9-7-6-8-10-24/h4-14,20,22,27H,1,15-19,21H2,2-3H3,(H,32,36)/b23-5+. The number of aromatic nitrogens is 2. The van der Waals surface area contributed by atoms with Gasteiger partial charge in [0, 0.05) is 50.0 Å². The second kappa shape index (κ2) is 13.0. The van der Waals surface area contributed by atoms with E-state index in [1.807, 2.05) is 67.4 Å². The molecule has 0 aliphatic carbocycles. The van der Waals surface area contributed by atoms with Crippen LogP contribution in [0.3, 0.4) is 0 Å². The summed E-state index contributed by atoms with van der Waals surface area (Å²) in [6, 6.07) is 16.7. The lowest BCUT2D eigenvalue weighted by Gasteiger charge is -2.36. The van der Waals surface area contributed by atoms with E-state index in [9.17, 15) is 9.59 Å². The number of likely N-dealkylation sites (tertiary alicyclic amines) is 1. The van der Waals surface area contributed by atoms with E-state index in [-0.39, 0.29) is 24.6 Å². The molecule has 3 aromatic rings. The third-order valence-electron chi connectivity index (χ3n) is 6.94. The van der Waals surface area contributed by atoms with Crippen LogP contribution in [0.2, 0.25) is 0 Å². The first kappa shape index (κ1) is 27.0. The van der Waals surface area contributed by atoms with E-state index >= 15 is 0 Å². The Hall–Kier alpha value is -4.01. The number of carbonyl (C=O) groups is 2. The summed E-state index contributed by atoms with van der Waals surface area (Å²) in [6.07, 6.45) is 9.13. The van der Waals surface area contributed by atoms with E-state index in [2.05, 4.69) is 28.0 Å². The van der Waals surface area contributed by atoms with Crippen LogP contribution >= 0.6 is 0 Å². The fraction of sp³-hybridized carbons (Fsp3) is 0.300. The quantitative estimate of drug-likeness (QED) is 0.325. The van der Waals surface area contributed by atoms with E-state index in [0.717, 1.165) is 43.6 Å². The Morgan fingerprint density at radius 3 is 2.50 bits per heavy atom. The fourth-order valence-electron chi connectivity index (χ4n) is 4.52. The normalized spacial score (nSPS) is 14.7. The van der Waals surface area contributed by atoms with Gasteiger partial charge < -0.3 is 4.90 Å². The third kappa shape index (κ3) is 6.85. The number of rotatable bonds is 9. The van der Waals surface area contributed by atoms with Gasteiger partial charge in [-0.15, -0.1) is 0 Å². The van der Waals surface area contributed by atoms with Crippen LogP contribution in [0.5, 0.6) is 0 Å². The molecule has 0 unspecified atom stereocenters. The zero-order chi connectivity index (χ0) is 26.9. The molecule has 8 heteroatoms. The molecule has 1 fully saturated rings. The van der Waals surface area contributed by atoms with Crippen molar-refractivity contribution in [2.45, 2.75) is 32.4 Å². The van der Waals surface area contributed by atoms with Crippen molar-refractivity contribution in [3.63, 3.8) is 0 Å². The summed E-state index contributed by atoms with van der Waals surface area (Å²) >= 11 is 0. The number of nitrogens with zero attached hydrogens (tertiary/aromatic N) is 4. The number of nitrogens with one attached hydrogen (secondary N) is 1. The van der Waals surface area contributed by atoms with Crippen molar-refractivity contribution in [3.8, 4) is 11.3 Å². The number of hydroxylamine groups is 1. The van der Waals surface area contributed by atoms with Gasteiger partial charge in [-0.1, -0.05) is 61.2 Å². The lowest BCUT2D eigenvalue weighted by molar-refractivity contribution is 0.0233. The molecule has 1 aromatic heterocycles. The van der Waals surface area contributed by atoms with E-state index in [1.165, 1.54) is 10.1 Å². The summed E-state index contributed by atoms with van der Waals surface area (Å²) in [5.74, 6) is -0.327. The zero-order valence-electron chi connectivity index (χ0n) is 22.0. The van der Waals surface area contributed by atoms with Gasteiger partial charge in [-0.3, -0.25) is 19.1 Å². The Kier molecular flexibility index (Phi) is 9.24. The maximum atomic E-state index is 13.1. The maximum Gasteiger partial charge on any atom is 0.329 e. The molecule has 2 amide bonds. The van der Waals surface area contributed by atoms with Crippen molar-refractivity contribution >= 4 is 11.9 Å². The molecule has 38 heavy (non-hydrogen) atoms. The van der Waals surface area contributed by atoms with Gasteiger partial charge in [0.15, 0.2) is 0 Å². The van der Waals surface area contributed by atoms with E-state index in [0.29, 0.717) is 11.3 Å². The Labute approximate surface area is 224 Å². The number of allylic oxidation sites excluding steroid dienone is 1. The molecule has 1 saturated heterocycles. The monoisotopic (exact) mass is 513 g/mol. The number of piperidine rings is 1. The molecule has 1 aliphatic heterocycles. The highest BCUT2D eigenvalue weighted by molar-refractivity contribution is 5.93. The summed E-state index contributed by atoms with van der Waals surface area (Å²) in [6.45, 7) is 8.98. The number of carbonyl (C=O) groups excluding carboxylic acids is 2. The van der Waals surface area contributed by atoms with Crippen molar-refractivity contribution < 1.29 is 14.4 Å². The molecule has 1 aliphatic rings. The van der Waals surface area contributed by atoms with Crippen LogP contribution in [-0.2, 0) is 11.4 Å². The highest BCUT2D eigenvalue weighted by Crippen LogP contribution is 2.20. The van der Waals surface area contributed by atoms with Crippen molar-refractivity contribution in [1.29, 1.82) is 0 Å². The molecular formula is C30H35N5O3. The first-order valence-electron chi connectivity index (χ1n) is 12.9. The summed E-state index contributed by atoms with van der Waals surface area (Å²) < 4.78 is 1.52. The molecule has 0 atom stereocenters. The van der Waals surface area contributed by atoms with Crippen molar-refractivity contribution in [2.75, 3.05) is 26.7 Å². The highest BCUT2D eigenvalue weighted by atomic mass is 16.6. The van der Waals surface area contributed by atoms with Gasteiger partial charge in [-0.2, -0.15) is 0 Å². The van der Waals surface area contributed by atoms with Gasteiger partial charge in [-0.25, -0.2) is 15.3 Å². The summed E-state index contributed by atoms with van der Waals surface area (Å²) in [5.41, 5.74) is 6.61. The average Bonchev–Trinajstić information content (AvgIpc) is 3.46. The molecule has 0 saturated carbocycles. The van der Waals surface area contributed by atoms with Crippen molar-refractivity contribution in [2.24, 2.45) is 0 Å². The number of hydrogen-bond donors (Lipinski definition) is 1. The van der Waals surface area contributed by atoms with Gasteiger partial charge in [0.05, 0.1) is 12.3 Å². The Bertz CT molecular complexity index is 1260. The minimum absolute atomic E-state index is 0.103. The third-order valence-corrected chi connectivity index (χ3v) is 6.94. The van der Waals surface area contributed by atoms with Crippen LogP contribution in [0, 0.1) is 0 Å². The van der Waals surface area contributed by atoms with Crippen molar-refractivity contribution in [3.05, 3.63) is 103 Å². The largest absolute Gasteiger partial charge is 0.329 e. The molecule has 0 radical (unpaired) electrons. The Balaban J connectivity index is 1.29. The van der Waals surface area contributed by atoms with Gasteiger partial charge in [0.1, 0.15) is 6.33 Å². The average molecular weight is 514 g/mol. The van der Waals surface area contributed by atoms with E-state index in [1.54, 1.807) is 24.7 Å². The molecule has 2 aromatic carbocycles. The molecular weight excluding hydrogens is 478 g/mol. The topological polar surface area (TPSA) is 79.7 Å². The lowest BCUT2D eigenvalue weighted by Crippen LogP contribution is -2.46. The van der Waals surface area contributed by atoms with Gasteiger partial charge >= 0.3 is 6.03 Å². The van der Waals surface area contributed by atoms with Crippen LogP contribution in [0.1, 0.15) is 35.7 Å². The maximum absolute atomic E-state index is 13.1. The minimum atomic E-state index is -0.327. The van der Waals surface area contributed by atoms with Crippen LogP contribution in [0.15, 0.2) is 91.4 Å². The first-order chi connectivity index (χ1) is 18.5. The van der Waals surface area contributed by atoms with Crippen molar-refractivity contribution in [1.82, 2.24) is 24.8 Å². The van der Waals surface area contributed by atoms with Crippen LogP contribution < -0.4 is 5.48 Å².